The molecule has 2 rings (SSSR count). The number of hydrogen-bond acceptors (Lipinski definition) is 4. The average molecular weight is 420 g/mol. The molecule has 0 aromatic heterocycles. The summed E-state index contributed by atoms with van der Waals surface area (Å²) in [5.41, 5.74) is 0.996. The molecule has 0 saturated heterocycles. The van der Waals surface area contributed by atoms with Crippen molar-refractivity contribution in [2.45, 2.75) is 31.1 Å². The molecule has 0 aliphatic heterocycles. The molecule has 0 fully saturated rings. The van der Waals surface area contributed by atoms with Gasteiger partial charge in [-0.05, 0) is 60.4 Å². The van der Waals surface area contributed by atoms with E-state index in [0.717, 1.165) is 15.6 Å². The summed E-state index contributed by atoms with van der Waals surface area (Å²) in [6.45, 7) is 2.00. The zero-order valence-electron chi connectivity index (χ0n) is 11.7. The second-order valence-corrected chi connectivity index (χ2v) is 7.94. The van der Waals surface area contributed by atoms with Gasteiger partial charge in [0, 0.05) is 6.42 Å². The van der Waals surface area contributed by atoms with Crippen LogP contribution in [0.3, 0.4) is 0 Å². The lowest BCUT2D eigenvalue weighted by Gasteiger charge is -2.18. The Balaban J connectivity index is 1.88. The quantitative estimate of drug-likeness (QED) is 0.541. The van der Waals surface area contributed by atoms with Gasteiger partial charge in [-0.2, -0.15) is 8.42 Å². The van der Waals surface area contributed by atoms with E-state index in [0.29, 0.717) is 12.8 Å². The van der Waals surface area contributed by atoms with Gasteiger partial charge in [-0.3, -0.25) is 8.98 Å². The van der Waals surface area contributed by atoms with E-state index >= 15 is 0 Å². The summed E-state index contributed by atoms with van der Waals surface area (Å²) in [6.07, 6.45) is 3.75. The topological polar surface area (TPSA) is 60.4 Å². The number of halogens is 1. The van der Waals surface area contributed by atoms with Crippen molar-refractivity contribution in [3.05, 3.63) is 39.5 Å². The zero-order chi connectivity index (χ0) is 15.5. The van der Waals surface area contributed by atoms with Crippen LogP contribution in [0.1, 0.15) is 24.8 Å². The third-order valence-corrected chi connectivity index (χ3v) is 5.81. The zero-order valence-corrected chi connectivity index (χ0v) is 14.7. The molecule has 0 spiro atoms. The minimum atomic E-state index is -3.70. The highest BCUT2D eigenvalue weighted by molar-refractivity contribution is 14.1. The number of allylic oxidation sites excluding steroid dienone is 2. The predicted octanol–water partition coefficient (Wildman–Crippen LogP) is 3.39. The van der Waals surface area contributed by atoms with Crippen LogP contribution in [0.5, 0.6) is 0 Å². The fraction of sp³-hybridized carbons (Fsp3) is 0.400. The number of hydrogen-bond donors (Lipinski definition) is 0. The fourth-order valence-corrected chi connectivity index (χ4v) is 3.54. The molecule has 1 aromatic rings. The van der Waals surface area contributed by atoms with Gasteiger partial charge in [-0.25, -0.2) is 0 Å². The summed E-state index contributed by atoms with van der Waals surface area (Å²) in [5.74, 6) is 0.303. The van der Waals surface area contributed by atoms with Gasteiger partial charge in [0.15, 0.2) is 5.78 Å². The summed E-state index contributed by atoms with van der Waals surface area (Å²) in [4.78, 5) is 11.8. The number of rotatable bonds is 5. The molecule has 0 saturated carbocycles. The predicted molar refractivity (Wildman–Crippen MR) is 88.8 cm³/mol. The molecular weight excluding hydrogens is 403 g/mol. The highest BCUT2D eigenvalue weighted by Gasteiger charge is 2.21. The maximum absolute atomic E-state index is 12.0. The van der Waals surface area contributed by atoms with E-state index in [1.54, 1.807) is 24.3 Å². The van der Waals surface area contributed by atoms with E-state index in [9.17, 15) is 13.2 Å². The molecule has 21 heavy (non-hydrogen) atoms. The van der Waals surface area contributed by atoms with Crippen LogP contribution in [0.4, 0.5) is 0 Å². The Morgan fingerprint density at radius 3 is 2.57 bits per heavy atom. The summed E-state index contributed by atoms with van der Waals surface area (Å²) >= 11 is 2.04. The summed E-state index contributed by atoms with van der Waals surface area (Å²) in [5, 5.41) is 0. The molecule has 0 heterocycles. The lowest BCUT2D eigenvalue weighted by Crippen LogP contribution is -2.16. The number of benzene rings is 1. The van der Waals surface area contributed by atoms with Crippen molar-refractivity contribution in [3.63, 3.8) is 0 Å². The SMILES string of the molecule is Cc1ccc(S(=O)(=O)OCC[C@H]2CC=C(I)C(=O)C2)cc1. The Morgan fingerprint density at radius 1 is 1.29 bits per heavy atom. The minimum absolute atomic E-state index is 0.110. The van der Waals surface area contributed by atoms with Gasteiger partial charge >= 0.3 is 0 Å². The highest BCUT2D eigenvalue weighted by Crippen LogP contribution is 2.27. The van der Waals surface area contributed by atoms with E-state index in [1.807, 2.05) is 35.6 Å². The second kappa shape index (κ2) is 7.02. The van der Waals surface area contributed by atoms with Crippen molar-refractivity contribution in [2.24, 2.45) is 5.92 Å². The van der Waals surface area contributed by atoms with Crippen LogP contribution in [0.2, 0.25) is 0 Å². The van der Waals surface area contributed by atoms with Gasteiger partial charge in [0.25, 0.3) is 10.1 Å². The van der Waals surface area contributed by atoms with Crippen molar-refractivity contribution in [2.75, 3.05) is 6.61 Å². The number of carbonyl (C=O) groups excluding carboxylic acids is 1. The molecule has 0 N–H and O–H groups in total. The first-order chi connectivity index (χ1) is 9.88. The van der Waals surface area contributed by atoms with Crippen molar-refractivity contribution < 1.29 is 17.4 Å². The largest absolute Gasteiger partial charge is 0.296 e. The molecule has 1 aromatic carbocycles. The van der Waals surface area contributed by atoms with Crippen molar-refractivity contribution >= 4 is 38.5 Å². The van der Waals surface area contributed by atoms with E-state index < -0.39 is 10.1 Å². The van der Waals surface area contributed by atoms with Gasteiger partial charge in [0.1, 0.15) is 0 Å². The van der Waals surface area contributed by atoms with Gasteiger partial charge in [-0.1, -0.05) is 23.8 Å². The van der Waals surface area contributed by atoms with Crippen molar-refractivity contribution in [1.29, 1.82) is 0 Å². The second-order valence-electron chi connectivity index (χ2n) is 5.16. The summed E-state index contributed by atoms with van der Waals surface area (Å²) in [6, 6.07) is 6.56. The molecule has 4 nitrogen and oxygen atoms in total. The maximum Gasteiger partial charge on any atom is 0.296 e. The van der Waals surface area contributed by atoms with E-state index in [4.69, 9.17) is 4.18 Å². The molecule has 114 valence electrons. The van der Waals surface area contributed by atoms with E-state index in [-0.39, 0.29) is 23.2 Å². The maximum atomic E-state index is 12.0. The van der Waals surface area contributed by atoms with Crippen LogP contribution in [-0.4, -0.2) is 20.8 Å². The molecule has 0 radical (unpaired) electrons. The Bertz CT molecular complexity index is 647. The fourth-order valence-electron chi connectivity index (χ4n) is 2.14. The first kappa shape index (κ1) is 16.6. The monoisotopic (exact) mass is 420 g/mol. The molecule has 1 atom stereocenters. The van der Waals surface area contributed by atoms with Crippen LogP contribution < -0.4 is 0 Å². The molecule has 1 aliphatic rings. The third kappa shape index (κ3) is 4.62. The number of carbonyl (C=O) groups is 1. The molecule has 0 unspecified atom stereocenters. The summed E-state index contributed by atoms with van der Waals surface area (Å²) in [7, 11) is -3.70. The van der Waals surface area contributed by atoms with Crippen LogP contribution in [0, 0.1) is 12.8 Å². The van der Waals surface area contributed by atoms with Crippen molar-refractivity contribution in [3.8, 4) is 0 Å². The van der Waals surface area contributed by atoms with Crippen LogP contribution in [0.15, 0.2) is 38.8 Å². The van der Waals surface area contributed by atoms with Crippen LogP contribution >= 0.6 is 22.6 Å². The Morgan fingerprint density at radius 2 is 1.95 bits per heavy atom. The van der Waals surface area contributed by atoms with E-state index in [2.05, 4.69) is 0 Å². The Kier molecular flexibility index (Phi) is 5.56. The van der Waals surface area contributed by atoms with Gasteiger partial charge in [-0.15, -0.1) is 0 Å². The van der Waals surface area contributed by atoms with Gasteiger partial charge in [0.05, 0.1) is 15.1 Å². The number of Topliss-reactive ketones (excluding diaryl/α,β-unsaturated/α-hetero) is 1. The summed E-state index contributed by atoms with van der Waals surface area (Å²) < 4.78 is 29.8. The van der Waals surface area contributed by atoms with Crippen molar-refractivity contribution in [1.82, 2.24) is 0 Å². The Labute approximate surface area is 138 Å². The highest BCUT2D eigenvalue weighted by atomic mass is 127. The smallest absolute Gasteiger partial charge is 0.294 e. The molecule has 6 heteroatoms. The first-order valence-corrected chi connectivity index (χ1v) is 9.22. The van der Waals surface area contributed by atoms with Crippen LogP contribution in [-0.2, 0) is 19.1 Å². The molecule has 1 aliphatic carbocycles. The molecule has 0 bridgehead atoms. The lowest BCUT2D eigenvalue weighted by molar-refractivity contribution is -0.116. The number of ketones is 1. The minimum Gasteiger partial charge on any atom is -0.294 e. The Hall–Kier alpha value is -0.730. The molecule has 0 amide bonds. The number of aryl methyl sites for hydroxylation is 1. The standard InChI is InChI=1S/C15H17IO4S/c1-11-2-5-13(6-3-11)21(18,19)20-9-8-12-4-7-14(16)15(17)10-12/h2-3,5-7,12H,4,8-10H2,1H3/t12-/m1/s1. The van der Waals surface area contributed by atoms with Crippen LogP contribution in [0.25, 0.3) is 0 Å². The lowest BCUT2D eigenvalue weighted by atomic mass is 9.91. The average Bonchev–Trinajstić information content (AvgIpc) is 2.43. The van der Waals surface area contributed by atoms with Gasteiger partial charge < -0.3 is 0 Å². The van der Waals surface area contributed by atoms with E-state index in [1.165, 1.54) is 0 Å². The van der Waals surface area contributed by atoms with Gasteiger partial charge in [0.2, 0.25) is 0 Å². The first-order valence-electron chi connectivity index (χ1n) is 6.73. The molecular formula is C15H17IO4S. The normalized spacial score (nSPS) is 19.4. The third-order valence-electron chi connectivity index (χ3n) is 3.45.